The van der Waals surface area contributed by atoms with Crippen molar-refractivity contribution in [3.05, 3.63) is 5.82 Å². The highest BCUT2D eigenvalue weighted by atomic mass is 32.2. The summed E-state index contributed by atoms with van der Waals surface area (Å²) >= 11 is 1.41. The smallest absolute Gasteiger partial charge is 0.235 e. The van der Waals surface area contributed by atoms with E-state index in [1.54, 1.807) is 6.92 Å². The van der Waals surface area contributed by atoms with Crippen LogP contribution in [0.25, 0.3) is 0 Å². The van der Waals surface area contributed by atoms with E-state index in [0.29, 0.717) is 17.5 Å². The molecule has 0 spiro atoms. The van der Waals surface area contributed by atoms with Gasteiger partial charge in [0.05, 0.1) is 12.3 Å². The van der Waals surface area contributed by atoms with E-state index in [-0.39, 0.29) is 18.2 Å². The number of sulfonamides is 1. The minimum atomic E-state index is -3.32. The van der Waals surface area contributed by atoms with Gasteiger partial charge in [-0.15, -0.1) is 5.10 Å². The first-order valence-electron chi connectivity index (χ1n) is 6.07. The van der Waals surface area contributed by atoms with Crippen molar-refractivity contribution in [1.82, 2.24) is 24.8 Å². The number of amides is 1. The summed E-state index contributed by atoms with van der Waals surface area (Å²) in [5.41, 5.74) is 0. The number of hydrogen-bond donors (Lipinski definition) is 2. The van der Waals surface area contributed by atoms with Gasteiger partial charge in [-0.1, -0.05) is 11.8 Å². The van der Waals surface area contributed by atoms with Gasteiger partial charge in [0.1, 0.15) is 5.82 Å². The summed E-state index contributed by atoms with van der Waals surface area (Å²) in [5, 5.41) is 9.96. The number of carbonyl (C=O) groups is 1. The summed E-state index contributed by atoms with van der Waals surface area (Å²) in [5.74, 6) is 1.02. The van der Waals surface area contributed by atoms with Gasteiger partial charge in [-0.25, -0.2) is 13.4 Å². The average molecular weight is 321 g/mol. The zero-order chi connectivity index (χ0) is 15.2. The van der Waals surface area contributed by atoms with Crippen LogP contribution in [0.1, 0.15) is 12.7 Å². The Kier molecular flexibility index (Phi) is 6.43. The zero-order valence-corrected chi connectivity index (χ0v) is 13.3. The van der Waals surface area contributed by atoms with Gasteiger partial charge in [0.15, 0.2) is 0 Å². The highest BCUT2D eigenvalue weighted by Crippen LogP contribution is 2.10. The molecule has 1 aromatic heterocycles. The topological polar surface area (TPSA) is 108 Å². The van der Waals surface area contributed by atoms with Crippen molar-refractivity contribution in [3.63, 3.8) is 0 Å². The van der Waals surface area contributed by atoms with Gasteiger partial charge in [0.25, 0.3) is 0 Å². The third kappa shape index (κ3) is 5.47. The molecule has 1 aromatic rings. The summed E-state index contributed by atoms with van der Waals surface area (Å²) in [4.78, 5) is 15.7. The van der Waals surface area contributed by atoms with Crippen LogP contribution in [0.5, 0.6) is 0 Å². The first-order valence-corrected chi connectivity index (χ1v) is 8.67. The van der Waals surface area contributed by atoms with Crippen LogP contribution in [0, 0.1) is 6.92 Å². The predicted octanol–water partition coefficient (Wildman–Crippen LogP) is -0.397. The van der Waals surface area contributed by atoms with Crippen molar-refractivity contribution in [3.8, 4) is 0 Å². The zero-order valence-electron chi connectivity index (χ0n) is 11.7. The summed E-state index contributed by atoms with van der Waals surface area (Å²) in [6, 6.07) is 0. The number of likely N-dealkylation sites (N-methyl/N-ethyl adjacent to an activating group) is 1. The molecule has 2 N–H and O–H groups in total. The van der Waals surface area contributed by atoms with Crippen LogP contribution in [-0.4, -0.2) is 65.5 Å². The van der Waals surface area contributed by atoms with Crippen LogP contribution in [0.2, 0.25) is 0 Å². The molecule has 0 fully saturated rings. The number of nitrogens with zero attached hydrogens (tertiary/aromatic N) is 3. The van der Waals surface area contributed by atoms with Crippen molar-refractivity contribution in [1.29, 1.82) is 0 Å². The summed E-state index contributed by atoms with van der Waals surface area (Å²) < 4.78 is 24.0. The van der Waals surface area contributed by atoms with Crippen LogP contribution >= 0.6 is 11.8 Å². The van der Waals surface area contributed by atoms with Crippen LogP contribution < -0.4 is 5.32 Å². The number of aryl methyl sites for hydroxylation is 1. The lowest BCUT2D eigenvalue weighted by atomic mass is 10.5. The van der Waals surface area contributed by atoms with E-state index >= 15 is 0 Å². The Morgan fingerprint density at radius 3 is 2.75 bits per heavy atom. The van der Waals surface area contributed by atoms with E-state index in [1.807, 2.05) is 6.92 Å². The number of aromatic nitrogens is 3. The number of hydrogen-bond acceptors (Lipinski definition) is 6. The molecule has 0 aliphatic rings. The van der Waals surface area contributed by atoms with Crippen LogP contribution in [-0.2, 0) is 14.8 Å². The molecule has 0 bridgehead atoms. The van der Waals surface area contributed by atoms with Gasteiger partial charge >= 0.3 is 0 Å². The molecule has 0 aliphatic heterocycles. The van der Waals surface area contributed by atoms with Crippen molar-refractivity contribution in [2.75, 3.05) is 31.6 Å². The Morgan fingerprint density at radius 2 is 2.20 bits per heavy atom. The number of carbonyl (C=O) groups excluding carboxylic acids is 1. The number of rotatable bonds is 8. The molecule has 0 atom stereocenters. The minimum absolute atomic E-state index is 0.0171. The lowest BCUT2D eigenvalue weighted by Gasteiger charge is -2.15. The van der Waals surface area contributed by atoms with Gasteiger partial charge in [0, 0.05) is 19.3 Å². The van der Waals surface area contributed by atoms with Gasteiger partial charge in [-0.2, -0.15) is 4.31 Å². The van der Waals surface area contributed by atoms with E-state index in [4.69, 9.17) is 0 Å². The second kappa shape index (κ2) is 7.60. The maximum absolute atomic E-state index is 11.6. The van der Waals surface area contributed by atoms with Crippen LogP contribution in [0.15, 0.2) is 5.16 Å². The van der Waals surface area contributed by atoms with E-state index in [0.717, 1.165) is 10.1 Å². The monoisotopic (exact) mass is 321 g/mol. The second-order valence-electron chi connectivity index (χ2n) is 4.06. The Bertz CT molecular complexity index is 543. The Hall–Kier alpha value is -1.13. The number of nitrogens with one attached hydrogen (secondary N) is 2. The number of aromatic amines is 1. The Balaban J connectivity index is 2.23. The minimum Gasteiger partial charge on any atom is -0.354 e. The number of H-pyrrole nitrogens is 1. The molecule has 0 saturated carbocycles. The molecular formula is C10H19N5O3S2. The van der Waals surface area contributed by atoms with Gasteiger partial charge in [0.2, 0.25) is 21.1 Å². The molecule has 0 saturated heterocycles. The second-order valence-corrected chi connectivity index (χ2v) is 7.49. The first-order chi connectivity index (χ1) is 9.35. The van der Waals surface area contributed by atoms with E-state index < -0.39 is 10.0 Å². The van der Waals surface area contributed by atoms with Gasteiger partial charge < -0.3 is 5.32 Å². The normalized spacial score (nSPS) is 11.8. The fourth-order valence-corrected chi connectivity index (χ4v) is 2.75. The standard InChI is InChI=1S/C10H19N5O3S2/c1-4-20(17,18)15(3)7-9(16)11-5-6-19-10-12-8(2)13-14-10/h4-7H2,1-3H3,(H,11,16)(H,12,13,14). The van der Waals surface area contributed by atoms with E-state index in [9.17, 15) is 13.2 Å². The quantitative estimate of drug-likeness (QED) is 0.498. The molecule has 0 aromatic carbocycles. The molecule has 0 radical (unpaired) electrons. The molecule has 8 nitrogen and oxygen atoms in total. The number of thioether (sulfide) groups is 1. The van der Waals surface area contributed by atoms with Crippen LogP contribution in [0.3, 0.4) is 0 Å². The van der Waals surface area contributed by atoms with E-state index in [2.05, 4.69) is 20.5 Å². The molecule has 20 heavy (non-hydrogen) atoms. The van der Waals surface area contributed by atoms with Crippen molar-refractivity contribution < 1.29 is 13.2 Å². The van der Waals surface area contributed by atoms with Crippen molar-refractivity contribution >= 4 is 27.7 Å². The Morgan fingerprint density at radius 1 is 1.50 bits per heavy atom. The SMILES string of the molecule is CCS(=O)(=O)N(C)CC(=O)NCCSc1n[nH]c(C)n1. The van der Waals surface area contributed by atoms with Crippen molar-refractivity contribution in [2.24, 2.45) is 0 Å². The largest absolute Gasteiger partial charge is 0.354 e. The average Bonchev–Trinajstić information content (AvgIpc) is 2.80. The first kappa shape index (κ1) is 16.9. The summed E-state index contributed by atoms with van der Waals surface area (Å²) in [6.45, 7) is 3.61. The lowest BCUT2D eigenvalue weighted by molar-refractivity contribution is -0.121. The summed E-state index contributed by atoms with van der Waals surface area (Å²) in [7, 11) is -1.93. The summed E-state index contributed by atoms with van der Waals surface area (Å²) in [6.07, 6.45) is 0. The third-order valence-electron chi connectivity index (χ3n) is 2.44. The highest BCUT2D eigenvalue weighted by Gasteiger charge is 2.17. The Labute approximate surface area is 122 Å². The molecule has 1 rings (SSSR count). The fourth-order valence-electron chi connectivity index (χ4n) is 1.30. The molecular weight excluding hydrogens is 302 g/mol. The van der Waals surface area contributed by atoms with Gasteiger partial charge in [-0.05, 0) is 13.8 Å². The molecule has 1 heterocycles. The maximum atomic E-state index is 11.6. The van der Waals surface area contributed by atoms with E-state index in [1.165, 1.54) is 18.8 Å². The fraction of sp³-hybridized carbons (Fsp3) is 0.700. The third-order valence-corrected chi connectivity index (χ3v) is 5.10. The molecule has 0 aliphatic carbocycles. The predicted molar refractivity (Wildman–Crippen MR) is 76.9 cm³/mol. The van der Waals surface area contributed by atoms with Gasteiger partial charge in [-0.3, -0.25) is 9.89 Å². The van der Waals surface area contributed by atoms with Crippen molar-refractivity contribution in [2.45, 2.75) is 19.0 Å². The molecule has 1 amide bonds. The molecule has 114 valence electrons. The maximum Gasteiger partial charge on any atom is 0.235 e. The van der Waals surface area contributed by atoms with Crippen LogP contribution in [0.4, 0.5) is 0 Å². The molecule has 0 unspecified atom stereocenters. The molecule has 10 heteroatoms. The lowest BCUT2D eigenvalue weighted by Crippen LogP contribution is -2.39. The highest BCUT2D eigenvalue weighted by molar-refractivity contribution is 7.99.